The normalized spacial score (nSPS) is 13.4. The number of hydrogen-bond acceptors (Lipinski definition) is 6. The van der Waals surface area contributed by atoms with Crippen molar-refractivity contribution in [3.8, 4) is 17.2 Å². The van der Waals surface area contributed by atoms with Crippen molar-refractivity contribution >= 4 is 5.57 Å². The standard InChI is InChI=1S/C48H67N3O6/c1-18-28(2)32-19-29(20-33(38(32)52)44(3,4)5)25-49-41(55)50(26-30-21-34(45(6,7)8)39(53)35(22-30)46(9,10)11)43(57)51(42(49)56)27-31-23-36(47(12,13)14)40(54)37(24-31)48(15,16)17/h18-24,52-54H,25-27H2,1-17H3. The van der Waals surface area contributed by atoms with Crippen LogP contribution in [0.2, 0.25) is 0 Å². The van der Waals surface area contributed by atoms with Crippen LogP contribution in [0.15, 0.2) is 56.9 Å². The molecule has 0 fully saturated rings. The van der Waals surface area contributed by atoms with Crippen molar-refractivity contribution in [3.63, 3.8) is 0 Å². The van der Waals surface area contributed by atoms with Gasteiger partial charge in [0.15, 0.2) is 0 Å². The van der Waals surface area contributed by atoms with Gasteiger partial charge in [-0.2, -0.15) is 0 Å². The number of benzene rings is 3. The second kappa shape index (κ2) is 15.2. The van der Waals surface area contributed by atoms with E-state index in [1.165, 1.54) is 0 Å². The molecule has 0 aliphatic carbocycles. The highest BCUT2D eigenvalue weighted by Crippen LogP contribution is 2.42. The first-order valence-corrected chi connectivity index (χ1v) is 20.0. The highest BCUT2D eigenvalue weighted by molar-refractivity contribution is 5.71. The predicted octanol–water partition coefficient (Wildman–Crippen LogP) is 9.34. The summed E-state index contributed by atoms with van der Waals surface area (Å²) in [5.74, 6) is 0.503. The zero-order valence-electron chi connectivity index (χ0n) is 37.6. The summed E-state index contributed by atoms with van der Waals surface area (Å²) in [4.78, 5) is 44.0. The lowest BCUT2D eigenvalue weighted by Gasteiger charge is -2.28. The lowest BCUT2D eigenvalue weighted by Crippen LogP contribution is -2.55. The van der Waals surface area contributed by atoms with Crippen LogP contribution in [0.25, 0.3) is 5.57 Å². The molecule has 0 unspecified atom stereocenters. The van der Waals surface area contributed by atoms with E-state index in [1.807, 2.05) is 154 Å². The Morgan fingerprint density at radius 2 is 0.684 bits per heavy atom. The van der Waals surface area contributed by atoms with Gasteiger partial charge in [0, 0.05) is 11.1 Å². The van der Waals surface area contributed by atoms with Crippen molar-refractivity contribution < 1.29 is 15.3 Å². The second-order valence-corrected chi connectivity index (χ2v) is 20.9. The minimum absolute atomic E-state index is 0.143. The first kappa shape index (κ1) is 44.9. The molecule has 0 saturated carbocycles. The maximum absolute atomic E-state index is 14.7. The van der Waals surface area contributed by atoms with Gasteiger partial charge in [-0.15, -0.1) is 0 Å². The Bertz CT molecular complexity index is 2210. The molecule has 4 rings (SSSR count). The summed E-state index contributed by atoms with van der Waals surface area (Å²) >= 11 is 0. The molecule has 0 radical (unpaired) electrons. The average molecular weight is 782 g/mol. The third kappa shape index (κ3) is 9.34. The average Bonchev–Trinajstić information content (AvgIpc) is 3.05. The summed E-state index contributed by atoms with van der Waals surface area (Å²) in [6.45, 7) is 33.3. The Kier molecular flexibility index (Phi) is 12.0. The number of nitrogens with zero attached hydrogens (tertiary/aromatic N) is 3. The highest BCUT2D eigenvalue weighted by atomic mass is 16.3. The molecule has 4 aromatic rings. The fourth-order valence-corrected chi connectivity index (χ4v) is 7.31. The van der Waals surface area contributed by atoms with Crippen LogP contribution in [-0.2, 0) is 46.7 Å². The molecule has 0 aliphatic heterocycles. The zero-order valence-corrected chi connectivity index (χ0v) is 37.6. The highest BCUT2D eigenvalue weighted by Gasteiger charge is 2.30. The number of allylic oxidation sites excluding steroid dienone is 2. The van der Waals surface area contributed by atoms with Crippen LogP contribution in [0.4, 0.5) is 0 Å². The summed E-state index contributed by atoms with van der Waals surface area (Å²) in [6.07, 6.45) is 1.90. The Morgan fingerprint density at radius 3 is 0.912 bits per heavy atom. The van der Waals surface area contributed by atoms with E-state index in [2.05, 4.69) is 0 Å². The minimum Gasteiger partial charge on any atom is -0.507 e. The summed E-state index contributed by atoms with van der Waals surface area (Å²) in [5.41, 5.74) is 2.16. The van der Waals surface area contributed by atoms with E-state index < -0.39 is 44.1 Å². The van der Waals surface area contributed by atoms with Gasteiger partial charge in [-0.3, -0.25) is 0 Å². The summed E-state index contributed by atoms with van der Waals surface area (Å²) < 4.78 is 3.30. The van der Waals surface area contributed by atoms with Crippen LogP contribution in [0.3, 0.4) is 0 Å². The SMILES string of the molecule is CC=C(C)c1cc(Cn2c(=O)n(Cc3cc(C(C)(C)C)c(O)c(C(C)(C)C)c3)c(=O)n(Cc3cc(C(C)(C)C)c(O)c(C(C)(C)C)c3)c2=O)cc(C(C)(C)C)c1O. The van der Waals surface area contributed by atoms with Gasteiger partial charge in [0.05, 0.1) is 19.6 Å². The first-order chi connectivity index (χ1) is 25.8. The van der Waals surface area contributed by atoms with E-state index in [0.29, 0.717) is 50.1 Å². The quantitative estimate of drug-likeness (QED) is 0.172. The van der Waals surface area contributed by atoms with Crippen molar-refractivity contribution in [3.05, 3.63) is 124 Å². The molecule has 1 heterocycles. The van der Waals surface area contributed by atoms with E-state index in [-0.39, 0.29) is 36.9 Å². The van der Waals surface area contributed by atoms with Crippen molar-refractivity contribution in [2.75, 3.05) is 0 Å². The maximum Gasteiger partial charge on any atom is 0.336 e. The number of aromatic hydroxyl groups is 3. The molecular formula is C48H67N3O6. The van der Waals surface area contributed by atoms with Gasteiger partial charge in [0.2, 0.25) is 0 Å². The Labute approximate surface area is 339 Å². The zero-order chi connectivity index (χ0) is 43.5. The third-order valence-electron chi connectivity index (χ3n) is 10.8. The molecule has 310 valence electrons. The van der Waals surface area contributed by atoms with Gasteiger partial charge >= 0.3 is 17.1 Å². The van der Waals surface area contributed by atoms with Gasteiger partial charge in [-0.05, 0) is 122 Å². The van der Waals surface area contributed by atoms with Gasteiger partial charge in [-0.1, -0.05) is 110 Å². The van der Waals surface area contributed by atoms with Gasteiger partial charge in [0.25, 0.3) is 0 Å². The topological polar surface area (TPSA) is 127 Å². The Morgan fingerprint density at radius 1 is 0.456 bits per heavy atom. The third-order valence-corrected chi connectivity index (χ3v) is 10.8. The number of aromatic nitrogens is 3. The molecule has 0 saturated heterocycles. The molecule has 0 amide bonds. The number of phenols is 3. The van der Waals surface area contributed by atoms with E-state index in [1.54, 1.807) is 6.07 Å². The van der Waals surface area contributed by atoms with Crippen LogP contribution < -0.4 is 17.1 Å². The molecule has 9 nitrogen and oxygen atoms in total. The van der Waals surface area contributed by atoms with Crippen LogP contribution >= 0.6 is 0 Å². The largest absolute Gasteiger partial charge is 0.507 e. The van der Waals surface area contributed by atoms with Crippen molar-refractivity contribution in [2.45, 2.75) is 164 Å². The smallest absolute Gasteiger partial charge is 0.336 e. The summed E-state index contributed by atoms with van der Waals surface area (Å²) in [6, 6.07) is 11.0. The number of phenolic OH excluding ortho intramolecular Hbond substituents is 3. The molecule has 3 N–H and O–H groups in total. The summed E-state index contributed by atoms with van der Waals surface area (Å²) in [7, 11) is 0. The van der Waals surface area contributed by atoms with E-state index in [4.69, 9.17) is 0 Å². The molecular weight excluding hydrogens is 715 g/mol. The lowest BCUT2D eigenvalue weighted by molar-refractivity contribution is 0.421. The van der Waals surface area contributed by atoms with Crippen LogP contribution in [0.1, 0.15) is 168 Å². The molecule has 57 heavy (non-hydrogen) atoms. The maximum atomic E-state index is 14.7. The van der Waals surface area contributed by atoms with Crippen molar-refractivity contribution in [1.82, 2.24) is 13.7 Å². The molecule has 9 heteroatoms. The molecule has 1 aromatic heterocycles. The van der Waals surface area contributed by atoms with Gasteiger partial charge in [0.1, 0.15) is 17.2 Å². The summed E-state index contributed by atoms with van der Waals surface area (Å²) in [5, 5.41) is 34.3. The molecule has 0 aliphatic rings. The Hall–Kier alpha value is -4.79. The Balaban J connectivity index is 2.12. The monoisotopic (exact) mass is 782 g/mol. The van der Waals surface area contributed by atoms with E-state index in [9.17, 15) is 29.7 Å². The molecule has 0 bridgehead atoms. The van der Waals surface area contributed by atoms with Gasteiger partial charge < -0.3 is 15.3 Å². The fourth-order valence-electron chi connectivity index (χ4n) is 7.31. The predicted molar refractivity (Wildman–Crippen MR) is 234 cm³/mol. The molecule has 0 spiro atoms. The van der Waals surface area contributed by atoms with Crippen molar-refractivity contribution in [1.29, 1.82) is 0 Å². The molecule has 3 aromatic carbocycles. The van der Waals surface area contributed by atoms with E-state index >= 15 is 0 Å². The first-order valence-electron chi connectivity index (χ1n) is 20.0. The van der Waals surface area contributed by atoms with Gasteiger partial charge in [-0.25, -0.2) is 28.1 Å². The molecule has 0 atom stereocenters. The fraction of sp³-hybridized carbons (Fsp3) is 0.521. The van der Waals surface area contributed by atoms with E-state index in [0.717, 1.165) is 19.3 Å². The van der Waals surface area contributed by atoms with Crippen LogP contribution in [0.5, 0.6) is 17.2 Å². The lowest BCUT2D eigenvalue weighted by atomic mass is 9.78. The van der Waals surface area contributed by atoms with Crippen LogP contribution in [-0.4, -0.2) is 29.0 Å². The van der Waals surface area contributed by atoms with Crippen molar-refractivity contribution in [2.24, 2.45) is 0 Å². The minimum atomic E-state index is -0.768. The number of rotatable bonds is 7. The van der Waals surface area contributed by atoms with Crippen LogP contribution in [0, 0.1) is 0 Å². The second-order valence-electron chi connectivity index (χ2n) is 20.9. The number of hydrogen-bond donors (Lipinski definition) is 3.